The average Bonchev–Trinajstić information content (AvgIpc) is 3.75. The zero-order chi connectivity index (χ0) is 32.8. The lowest BCUT2D eigenvalue weighted by molar-refractivity contribution is -0.193. The summed E-state index contributed by atoms with van der Waals surface area (Å²) in [5.41, 5.74) is 8.66. The van der Waals surface area contributed by atoms with E-state index in [1.807, 2.05) is 0 Å². The summed E-state index contributed by atoms with van der Waals surface area (Å²) in [5, 5.41) is 5.21. The van der Waals surface area contributed by atoms with Gasteiger partial charge in [-0.3, -0.25) is 24.2 Å². The molecule has 0 spiro atoms. The second kappa shape index (κ2) is 12.2. The summed E-state index contributed by atoms with van der Waals surface area (Å²) in [6.07, 6.45) is 5.29. The topological polar surface area (TPSA) is 125 Å². The number of hydrogen-bond donors (Lipinski definition) is 1. The Bertz CT molecular complexity index is 1800. The second-order valence-electron chi connectivity index (χ2n) is 12.6. The van der Waals surface area contributed by atoms with Gasteiger partial charge < -0.3 is 15.2 Å². The van der Waals surface area contributed by atoms with Crippen molar-refractivity contribution < 1.29 is 27.8 Å². The predicted molar refractivity (Wildman–Crippen MR) is 169 cm³/mol. The van der Waals surface area contributed by atoms with Gasteiger partial charge in [0.1, 0.15) is 0 Å². The number of hydrogen-bond acceptors (Lipinski definition) is 7. The molecule has 5 heterocycles. The van der Waals surface area contributed by atoms with Gasteiger partial charge in [0.25, 0.3) is 5.91 Å². The minimum Gasteiger partial charge on any atom is -0.423 e. The number of ether oxygens (including phenoxy) is 2. The molecule has 2 fully saturated rings. The number of rotatable bonds is 6. The number of carbonyl (C=O) groups excluding carboxylic acids is 2. The van der Waals surface area contributed by atoms with E-state index in [1.165, 1.54) is 37.6 Å². The highest BCUT2D eigenvalue weighted by molar-refractivity contribution is 6.30. The van der Waals surface area contributed by atoms with Crippen LogP contribution in [0.3, 0.4) is 0 Å². The monoisotopic (exact) mass is 652 g/mol. The molecule has 0 bridgehead atoms. The number of aromatic nitrogens is 4. The van der Waals surface area contributed by atoms with Gasteiger partial charge in [-0.25, -0.2) is 4.98 Å². The Morgan fingerprint density at radius 1 is 1.15 bits per heavy atom. The number of primary amides is 1. The lowest BCUT2D eigenvalue weighted by Gasteiger charge is -2.33. The van der Waals surface area contributed by atoms with Crippen LogP contribution in [-0.4, -0.2) is 49.9 Å². The molecule has 242 valence electrons. The van der Waals surface area contributed by atoms with Gasteiger partial charge in [0.2, 0.25) is 0 Å². The van der Waals surface area contributed by atoms with Crippen molar-refractivity contribution in [3.05, 3.63) is 64.7 Å². The molecular formula is C33H35ClF2N6O4. The Labute approximate surface area is 269 Å². The number of aryl methyl sites for hydroxylation is 1. The van der Waals surface area contributed by atoms with Gasteiger partial charge in [0.05, 0.1) is 46.0 Å². The van der Waals surface area contributed by atoms with Gasteiger partial charge in [0.15, 0.2) is 11.4 Å². The summed E-state index contributed by atoms with van der Waals surface area (Å²) in [4.78, 5) is 35.1. The molecule has 1 saturated heterocycles. The maximum Gasteiger partial charge on any atom is 0.482 e. The SMILES string of the molecule is CC1(C)CCCCO1.Cn1ncc2c(-c3ccc4c(c3)OC(F)(F)C(=O)N4Cc3ccc(Cl)cn3)c(C(N)=O)c(CC3CC3)nc21. The lowest BCUT2D eigenvalue weighted by atomic mass is 9.93. The molecule has 0 atom stereocenters. The quantitative estimate of drug-likeness (QED) is 0.262. The van der Waals surface area contributed by atoms with Crippen molar-refractivity contribution in [2.24, 2.45) is 18.7 Å². The zero-order valence-electron chi connectivity index (χ0n) is 25.9. The van der Waals surface area contributed by atoms with E-state index in [4.69, 9.17) is 26.8 Å². The van der Waals surface area contributed by atoms with Crippen LogP contribution in [0.1, 0.15) is 67.7 Å². The molecule has 10 nitrogen and oxygen atoms in total. The Morgan fingerprint density at radius 2 is 1.93 bits per heavy atom. The van der Waals surface area contributed by atoms with Crippen LogP contribution in [0.25, 0.3) is 22.2 Å². The van der Waals surface area contributed by atoms with Crippen molar-refractivity contribution in [2.45, 2.75) is 70.6 Å². The number of amides is 2. The first-order valence-corrected chi connectivity index (χ1v) is 15.6. The van der Waals surface area contributed by atoms with E-state index in [9.17, 15) is 18.4 Å². The molecule has 3 aliphatic rings. The van der Waals surface area contributed by atoms with Crippen LogP contribution < -0.4 is 15.4 Å². The van der Waals surface area contributed by atoms with Crippen molar-refractivity contribution >= 4 is 40.1 Å². The highest BCUT2D eigenvalue weighted by Crippen LogP contribution is 2.44. The van der Waals surface area contributed by atoms with Crippen LogP contribution in [0.2, 0.25) is 5.02 Å². The molecule has 13 heteroatoms. The van der Waals surface area contributed by atoms with Gasteiger partial charge >= 0.3 is 12.0 Å². The Balaban J connectivity index is 0.000000407. The maximum absolute atomic E-state index is 14.8. The molecule has 2 aliphatic heterocycles. The van der Waals surface area contributed by atoms with Crippen molar-refractivity contribution in [3.63, 3.8) is 0 Å². The lowest BCUT2D eigenvalue weighted by Crippen LogP contribution is -2.50. The van der Waals surface area contributed by atoms with Crippen molar-refractivity contribution in [3.8, 4) is 16.9 Å². The molecule has 0 unspecified atom stereocenters. The van der Waals surface area contributed by atoms with Crippen LogP contribution >= 0.6 is 11.6 Å². The Hall–Kier alpha value is -4.16. The summed E-state index contributed by atoms with van der Waals surface area (Å²) < 4.78 is 41.4. The summed E-state index contributed by atoms with van der Waals surface area (Å²) in [5.74, 6) is -2.01. The van der Waals surface area contributed by atoms with E-state index in [0.29, 0.717) is 50.9 Å². The summed E-state index contributed by atoms with van der Waals surface area (Å²) in [7, 11) is 1.73. The van der Waals surface area contributed by atoms with Crippen molar-refractivity contribution in [1.82, 2.24) is 19.7 Å². The number of alkyl halides is 2. The highest BCUT2D eigenvalue weighted by Gasteiger charge is 2.50. The van der Waals surface area contributed by atoms with Crippen LogP contribution in [0.5, 0.6) is 5.75 Å². The third-order valence-corrected chi connectivity index (χ3v) is 8.65. The first-order valence-electron chi connectivity index (χ1n) is 15.2. The normalized spacial score (nSPS) is 18.4. The molecule has 7 rings (SSSR count). The number of nitrogens with two attached hydrogens (primary N) is 1. The largest absolute Gasteiger partial charge is 0.482 e. The summed E-state index contributed by atoms with van der Waals surface area (Å²) in [6.45, 7) is 5.06. The summed E-state index contributed by atoms with van der Waals surface area (Å²) >= 11 is 5.88. The fourth-order valence-electron chi connectivity index (χ4n) is 5.83. The molecule has 4 aromatic rings. The number of fused-ring (bicyclic) bond motifs is 2. The van der Waals surface area contributed by atoms with E-state index in [-0.39, 0.29) is 29.1 Å². The molecule has 2 N–H and O–H groups in total. The predicted octanol–water partition coefficient (Wildman–Crippen LogP) is 6.22. The smallest absolute Gasteiger partial charge is 0.423 e. The number of carbonyl (C=O) groups is 2. The maximum atomic E-state index is 14.8. The third kappa shape index (κ3) is 6.54. The molecule has 1 aromatic carbocycles. The first-order chi connectivity index (χ1) is 21.8. The average molecular weight is 653 g/mol. The summed E-state index contributed by atoms with van der Waals surface area (Å²) in [6, 6.07) is 7.63. The first kappa shape index (κ1) is 31.8. The Morgan fingerprint density at radius 3 is 2.54 bits per heavy atom. The molecule has 46 heavy (non-hydrogen) atoms. The van der Waals surface area contributed by atoms with Gasteiger partial charge in [-0.15, -0.1) is 0 Å². The zero-order valence-corrected chi connectivity index (χ0v) is 26.6. The number of benzene rings is 1. The van der Waals surface area contributed by atoms with Gasteiger partial charge in [0, 0.05) is 30.8 Å². The van der Waals surface area contributed by atoms with Crippen molar-refractivity contribution in [2.75, 3.05) is 11.5 Å². The minimum atomic E-state index is -4.11. The Kier molecular flexibility index (Phi) is 8.45. The van der Waals surface area contributed by atoms with E-state index in [2.05, 4.69) is 28.9 Å². The molecular weight excluding hydrogens is 618 g/mol. The minimum absolute atomic E-state index is 0.136. The number of nitrogens with zero attached hydrogens (tertiary/aromatic N) is 5. The van der Waals surface area contributed by atoms with Gasteiger partial charge in [-0.2, -0.15) is 13.9 Å². The fourth-order valence-corrected chi connectivity index (χ4v) is 5.94. The fraction of sp³-hybridized carbons (Fsp3) is 0.424. The molecule has 3 aromatic heterocycles. The van der Waals surface area contributed by atoms with Crippen molar-refractivity contribution in [1.29, 1.82) is 0 Å². The number of pyridine rings is 2. The van der Waals surface area contributed by atoms with E-state index >= 15 is 0 Å². The third-order valence-electron chi connectivity index (χ3n) is 8.43. The molecule has 0 radical (unpaired) electrons. The van der Waals surface area contributed by atoms with Crippen LogP contribution in [0, 0.1) is 5.92 Å². The number of halogens is 3. The van der Waals surface area contributed by atoms with Crippen LogP contribution in [0.4, 0.5) is 14.5 Å². The highest BCUT2D eigenvalue weighted by atomic mass is 35.5. The van der Waals surface area contributed by atoms with E-state index in [1.54, 1.807) is 36.1 Å². The standard InChI is InChI=1S/C26H21ClF2N6O3.C7H14O/c1-34-24-17(11-32-34)21(22(23(30)36)18(33-24)8-13-2-3-13)14-4-7-19-20(9-14)38-26(28,29)25(37)35(19)12-16-6-5-15(27)10-31-16;1-7(2)5-3-4-6-8-7/h4-7,9-11,13H,2-3,8,12H2,1H3,(H2,30,36);3-6H2,1-2H3. The van der Waals surface area contributed by atoms with Gasteiger partial charge in [-0.05, 0) is 88.1 Å². The van der Waals surface area contributed by atoms with E-state index < -0.39 is 17.9 Å². The second-order valence-corrected chi connectivity index (χ2v) is 13.0. The molecule has 1 aliphatic carbocycles. The van der Waals surface area contributed by atoms with Crippen LogP contribution in [-0.2, 0) is 29.5 Å². The number of anilines is 1. The van der Waals surface area contributed by atoms with Gasteiger partial charge in [-0.1, -0.05) is 17.7 Å². The molecule has 2 amide bonds. The molecule has 1 saturated carbocycles. The van der Waals surface area contributed by atoms with Crippen LogP contribution in [0.15, 0.2) is 42.7 Å². The van der Waals surface area contributed by atoms with E-state index in [0.717, 1.165) is 24.3 Å².